The molecule has 0 saturated heterocycles. The summed E-state index contributed by atoms with van der Waals surface area (Å²) in [7, 11) is 1.65. The maximum Gasteiger partial charge on any atom is 0.121 e. The Balaban J connectivity index is 2.45. The molecule has 0 aliphatic rings. The van der Waals surface area contributed by atoms with Crippen molar-refractivity contribution in [2.24, 2.45) is 5.73 Å². The molecule has 16 heavy (non-hydrogen) atoms. The molecular weight excluding hydrogens is 202 g/mol. The molecule has 2 aromatic rings. The lowest BCUT2D eigenvalue weighted by Crippen LogP contribution is -2.01. The number of aromatic nitrogens is 2. The summed E-state index contributed by atoms with van der Waals surface area (Å²) in [6.45, 7) is 2.46. The van der Waals surface area contributed by atoms with Gasteiger partial charge in [-0.1, -0.05) is 6.07 Å². The van der Waals surface area contributed by atoms with Crippen LogP contribution in [-0.4, -0.2) is 16.9 Å². The topological polar surface area (TPSA) is 53.1 Å². The van der Waals surface area contributed by atoms with Crippen LogP contribution in [0.3, 0.4) is 0 Å². The Kier molecular flexibility index (Phi) is 2.92. The lowest BCUT2D eigenvalue weighted by molar-refractivity contribution is 0.414. The monoisotopic (exact) mass is 217 g/mol. The van der Waals surface area contributed by atoms with Crippen molar-refractivity contribution in [3.63, 3.8) is 0 Å². The summed E-state index contributed by atoms with van der Waals surface area (Å²) < 4.78 is 7.05. The molecule has 2 N–H and O–H groups in total. The van der Waals surface area contributed by atoms with E-state index in [4.69, 9.17) is 10.5 Å². The van der Waals surface area contributed by atoms with Gasteiger partial charge in [0.1, 0.15) is 5.75 Å². The Hall–Kier alpha value is -1.81. The van der Waals surface area contributed by atoms with E-state index in [0.29, 0.717) is 6.54 Å². The van der Waals surface area contributed by atoms with Gasteiger partial charge in [-0.25, -0.2) is 4.68 Å². The molecule has 0 aliphatic heterocycles. The van der Waals surface area contributed by atoms with Crippen molar-refractivity contribution < 1.29 is 4.74 Å². The molecule has 1 aromatic carbocycles. The van der Waals surface area contributed by atoms with E-state index in [-0.39, 0.29) is 0 Å². The van der Waals surface area contributed by atoms with E-state index in [9.17, 15) is 0 Å². The van der Waals surface area contributed by atoms with Crippen LogP contribution in [0.25, 0.3) is 5.69 Å². The van der Waals surface area contributed by atoms with E-state index in [1.807, 2.05) is 41.9 Å². The van der Waals surface area contributed by atoms with E-state index >= 15 is 0 Å². The third-order valence-electron chi connectivity index (χ3n) is 2.45. The normalized spacial score (nSPS) is 10.4. The van der Waals surface area contributed by atoms with Gasteiger partial charge in [0.15, 0.2) is 0 Å². The van der Waals surface area contributed by atoms with E-state index in [2.05, 4.69) is 5.10 Å². The largest absolute Gasteiger partial charge is 0.497 e. The molecule has 0 unspecified atom stereocenters. The fraction of sp³-hybridized carbons (Fsp3) is 0.250. The number of ether oxygens (including phenoxy) is 1. The average molecular weight is 217 g/mol. The van der Waals surface area contributed by atoms with Gasteiger partial charge in [0.05, 0.1) is 18.5 Å². The van der Waals surface area contributed by atoms with Crippen LogP contribution >= 0.6 is 0 Å². The molecule has 1 aromatic heterocycles. The predicted molar refractivity (Wildman–Crippen MR) is 62.7 cm³/mol. The summed E-state index contributed by atoms with van der Waals surface area (Å²) >= 11 is 0. The van der Waals surface area contributed by atoms with Crippen molar-refractivity contribution in [3.05, 3.63) is 41.7 Å². The molecule has 0 amide bonds. The highest BCUT2D eigenvalue weighted by Gasteiger charge is 2.05. The fourth-order valence-electron chi connectivity index (χ4n) is 1.64. The second-order valence-electron chi connectivity index (χ2n) is 3.59. The zero-order valence-electron chi connectivity index (χ0n) is 9.47. The molecule has 4 heteroatoms. The van der Waals surface area contributed by atoms with E-state index < -0.39 is 0 Å². The summed E-state index contributed by atoms with van der Waals surface area (Å²) in [5.74, 6) is 0.821. The molecule has 0 fully saturated rings. The smallest absolute Gasteiger partial charge is 0.121 e. The summed E-state index contributed by atoms with van der Waals surface area (Å²) in [5.41, 5.74) is 8.50. The van der Waals surface area contributed by atoms with Crippen LogP contribution in [0.15, 0.2) is 30.3 Å². The summed E-state index contributed by atoms with van der Waals surface area (Å²) in [4.78, 5) is 0. The maximum atomic E-state index is 5.57. The van der Waals surface area contributed by atoms with Crippen LogP contribution < -0.4 is 10.5 Å². The molecule has 0 radical (unpaired) electrons. The van der Waals surface area contributed by atoms with E-state index in [1.165, 1.54) is 0 Å². The Bertz CT molecular complexity index is 491. The lowest BCUT2D eigenvalue weighted by atomic mass is 10.3. The fourth-order valence-corrected chi connectivity index (χ4v) is 1.64. The standard InChI is InChI=1S/C12H15N3O/c1-9-6-10(8-13)14-15(9)11-4-3-5-12(7-11)16-2/h3-7H,8,13H2,1-2H3. The first-order valence-corrected chi connectivity index (χ1v) is 5.14. The van der Waals surface area contributed by atoms with Gasteiger partial charge in [0.25, 0.3) is 0 Å². The van der Waals surface area contributed by atoms with Gasteiger partial charge in [-0.15, -0.1) is 0 Å². The second kappa shape index (κ2) is 4.37. The minimum absolute atomic E-state index is 0.456. The van der Waals surface area contributed by atoms with Gasteiger partial charge in [-0.05, 0) is 25.1 Å². The van der Waals surface area contributed by atoms with Crippen LogP contribution in [0.5, 0.6) is 5.75 Å². The van der Waals surface area contributed by atoms with Crippen LogP contribution in [0, 0.1) is 6.92 Å². The van der Waals surface area contributed by atoms with E-state index in [1.54, 1.807) is 7.11 Å². The molecule has 0 bridgehead atoms. The third kappa shape index (κ3) is 1.92. The Morgan fingerprint density at radius 2 is 2.19 bits per heavy atom. The van der Waals surface area contributed by atoms with Gasteiger partial charge >= 0.3 is 0 Å². The minimum atomic E-state index is 0.456. The highest BCUT2D eigenvalue weighted by molar-refractivity contribution is 5.40. The summed E-state index contributed by atoms with van der Waals surface area (Å²) in [5, 5.41) is 4.41. The summed E-state index contributed by atoms with van der Waals surface area (Å²) in [6.07, 6.45) is 0. The van der Waals surface area contributed by atoms with Gasteiger partial charge in [0, 0.05) is 18.3 Å². The third-order valence-corrected chi connectivity index (χ3v) is 2.45. The van der Waals surface area contributed by atoms with Crippen LogP contribution in [0.1, 0.15) is 11.4 Å². The van der Waals surface area contributed by atoms with Crippen molar-refractivity contribution in [1.29, 1.82) is 0 Å². The number of hydrogen-bond donors (Lipinski definition) is 1. The second-order valence-corrected chi connectivity index (χ2v) is 3.59. The molecule has 0 atom stereocenters. The molecule has 84 valence electrons. The minimum Gasteiger partial charge on any atom is -0.497 e. The van der Waals surface area contributed by atoms with Crippen molar-refractivity contribution in [3.8, 4) is 11.4 Å². The zero-order chi connectivity index (χ0) is 11.5. The van der Waals surface area contributed by atoms with Crippen molar-refractivity contribution >= 4 is 0 Å². The van der Waals surface area contributed by atoms with Gasteiger partial charge in [0.2, 0.25) is 0 Å². The SMILES string of the molecule is COc1cccc(-n2nc(CN)cc2C)c1. The molecule has 1 heterocycles. The number of methoxy groups -OCH3 is 1. The number of benzene rings is 1. The quantitative estimate of drug-likeness (QED) is 0.850. The molecule has 0 spiro atoms. The van der Waals surface area contributed by atoms with Gasteiger partial charge < -0.3 is 10.5 Å². The van der Waals surface area contributed by atoms with Crippen molar-refractivity contribution in [1.82, 2.24) is 9.78 Å². The lowest BCUT2D eigenvalue weighted by Gasteiger charge is -2.06. The van der Waals surface area contributed by atoms with Crippen molar-refractivity contribution in [2.75, 3.05) is 7.11 Å². The van der Waals surface area contributed by atoms with Gasteiger partial charge in [-0.3, -0.25) is 0 Å². The Morgan fingerprint density at radius 1 is 1.38 bits per heavy atom. The van der Waals surface area contributed by atoms with Crippen LogP contribution in [0.2, 0.25) is 0 Å². The molecule has 0 saturated carbocycles. The van der Waals surface area contributed by atoms with Gasteiger partial charge in [-0.2, -0.15) is 5.10 Å². The molecular formula is C12H15N3O. The molecule has 0 aliphatic carbocycles. The highest BCUT2D eigenvalue weighted by atomic mass is 16.5. The highest BCUT2D eigenvalue weighted by Crippen LogP contribution is 2.17. The number of rotatable bonds is 3. The first kappa shape index (κ1) is 10.7. The number of nitrogens with zero attached hydrogens (tertiary/aromatic N) is 2. The van der Waals surface area contributed by atoms with Crippen molar-refractivity contribution in [2.45, 2.75) is 13.5 Å². The van der Waals surface area contributed by atoms with Crippen LogP contribution in [0.4, 0.5) is 0 Å². The summed E-state index contributed by atoms with van der Waals surface area (Å²) in [6, 6.07) is 9.77. The maximum absolute atomic E-state index is 5.57. The Labute approximate surface area is 94.6 Å². The zero-order valence-corrected chi connectivity index (χ0v) is 9.47. The van der Waals surface area contributed by atoms with E-state index in [0.717, 1.165) is 22.8 Å². The Morgan fingerprint density at radius 3 is 2.81 bits per heavy atom. The number of nitrogens with two attached hydrogens (primary N) is 1. The average Bonchev–Trinajstić information content (AvgIpc) is 2.71. The predicted octanol–water partition coefficient (Wildman–Crippen LogP) is 1.65. The first-order valence-electron chi connectivity index (χ1n) is 5.14. The molecule has 2 rings (SSSR count). The number of aryl methyl sites for hydroxylation is 1. The van der Waals surface area contributed by atoms with Crippen LogP contribution in [-0.2, 0) is 6.54 Å². The molecule has 4 nitrogen and oxygen atoms in total. The number of hydrogen-bond acceptors (Lipinski definition) is 3. The first-order chi connectivity index (χ1) is 7.74.